The molecule has 0 saturated carbocycles. The molecule has 0 saturated heterocycles. The third kappa shape index (κ3) is 6.14. The third-order valence-corrected chi connectivity index (χ3v) is 4.31. The normalized spacial score (nSPS) is 13.3. The molecule has 1 heterocycles. The van der Waals surface area contributed by atoms with Gasteiger partial charge < -0.3 is 18.9 Å². The second kappa shape index (κ2) is 10.4. The van der Waals surface area contributed by atoms with Crippen LogP contribution in [0.2, 0.25) is 0 Å². The Hall–Kier alpha value is -3.22. The van der Waals surface area contributed by atoms with Crippen LogP contribution in [0.3, 0.4) is 0 Å². The number of hydrogen-bond acceptors (Lipinski definition) is 6. The maximum atomic E-state index is 12.2. The van der Waals surface area contributed by atoms with E-state index in [9.17, 15) is 4.79 Å². The fourth-order valence-corrected chi connectivity index (χ4v) is 2.67. The summed E-state index contributed by atoms with van der Waals surface area (Å²) in [6, 6.07) is 12.7. The van der Waals surface area contributed by atoms with E-state index < -0.39 is 6.10 Å². The molecule has 29 heavy (non-hydrogen) atoms. The summed E-state index contributed by atoms with van der Waals surface area (Å²) in [5, 5.41) is 3.97. The quantitative estimate of drug-likeness (QED) is 0.373. The van der Waals surface area contributed by atoms with Gasteiger partial charge in [-0.2, -0.15) is 5.10 Å². The van der Waals surface area contributed by atoms with Crippen LogP contribution in [-0.4, -0.2) is 31.6 Å². The SMILES string of the molecule is CCCCCOc1ccc(O[C@H](C)C(=O)NN=Cc2ccc3c(c2)OCO3)cc1. The van der Waals surface area contributed by atoms with Crippen molar-refractivity contribution in [2.75, 3.05) is 13.4 Å². The maximum Gasteiger partial charge on any atom is 0.280 e. The number of nitrogens with zero attached hydrogens (tertiary/aromatic N) is 1. The zero-order chi connectivity index (χ0) is 20.5. The smallest absolute Gasteiger partial charge is 0.280 e. The summed E-state index contributed by atoms with van der Waals surface area (Å²) in [5.41, 5.74) is 3.27. The van der Waals surface area contributed by atoms with Crippen molar-refractivity contribution >= 4 is 12.1 Å². The van der Waals surface area contributed by atoms with Gasteiger partial charge in [-0.15, -0.1) is 0 Å². The summed E-state index contributed by atoms with van der Waals surface area (Å²) in [6.45, 7) is 4.74. The van der Waals surface area contributed by atoms with E-state index >= 15 is 0 Å². The summed E-state index contributed by atoms with van der Waals surface area (Å²) >= 11 is 0. The number of carbonyl (C=O) groups excluding carboxylic acids is 1. The molecule has 1 atom stereocenters. The van der Waals surface area contributed by atoms with E-state index in [0.29, 0.717) is 23.9 Å². The van der Waals surface area contributed by atoms with Crippen molar-refractivity contribution in [3.8, 4) is 23.0 Å². The molecule has 0 spiro atoms. The average molecular weight is 398 g/mol. The van der Waals surface area contributed by atoms with Crippen molar-refractivity contribution in [3.05, 3.63) is 48.0 Å². The first-order valence-corrected chi connectivity index (χ1v) is 9.78. The van der Waals surface area contributed by atoms with Gasteiger partial charge >= 0.3 is 0 Å². The van der Waals surface area contributed by atoms with Gasteiger partial charge in [-0.1, -0.05) is 19.8 Å². The lowest BCUT2D eigenvalue weighted by molar-refractivity contribution is -0.127. The molecule has 154 valence electrons. The monoisotopic (exact) mass is 398 g/mol. The predicted molar refractivity (Wildman–Crippen MR) is 110 cm³/mol. The van der Waals surface area contributed by atoms with Gasteiger partial charge in [0, 0.05) is 0 Å². The molecular weight excluding hydrogens is 372 g/mol. The summed E-state index contributed by atoms with van der Waals surface area (Å²) in [6.07, 6.45) is 4.21. The van der Waals surface area contributed by atoms with Crippen molar-refractivity contribution in [1.29, 1.82) is 0 Å². The second-order valence-corrected chi connectivity index (χ2v) is 6.63. The van der Waals surface area contributed by atoms with Gasteiger partial charge in [-0.25, -0.2) is 5.43 Å². The maximum absolute atomic E-state index is 12.2. The van der Waals surface area contributed by atoms with Crippen LogP contribution in [-0.2, 0) is 4.79 Å². The van der Waals surface area contributed by atoms with Crippen LogP contribution in [0.15, 0.2) is 47.6 Å². The molecule has 1 N–H and O–H groups in total. The standard InChI is InChI=1S/C22H26N2O5/c1-3-4-5-12-26-18-7-9-19(10-8-18)29-16(2)22(25)24-23-14-17-6-11-20-21(13-17)28-15-27-20/h6-11,13-14,16H,3-5,12,15H2,1-2H3,(H,24,25)/t16-/m1/s1. The number of hydrogen-bond donors (Lipinski definition) is 1. The Morgan fingerprint density at radius 2 is 1.90 bits per heavy atom. The molecule has 0 unspecified atom stereocenters. The molecule has 7 heteroatoms. The van der Waals surface area contributed by atoms with E-state index in [4.69, 9.17) is 18.9 Å². The van der Waals surface area contributed by atoms with Gasteiger partial charge in [0.15, 0.2) is 17.6 Å². The van der Waals surface area contributed by atoms with Crippen LogP contribution in [0.25, 0.3) is 0 Å². The summed E-state index contributed by atoms with van der Waals surface area (Å²) in [5.74, 6) is 2.40. The highest BCUT2D eigenvalue weighted by Gasteiger charge is 2.15. The molecule has 3 rings (SSSR count). The van der Waals surface area contributed by atoms with E-state index in [1.807, 2.05) is 18.2 Å². The van der Waals surface area contributed by atoms with E-state index in [1.165, 1.54) is 6.21 Å². The minimum atomic E-state index is -0.694. The van der Waals surface area contributed by atoms with Crippen molar-refractivity contribution in [2.45, 2.75) is 39.2 Å². The molecule has 2 aromatic carbocycles. The minimum Gasteiger partial charge on any atom is -0.494 e. The van der Waals surface area contributed by atoms with E-state index in [1.54, 1.807) is 31.2 Å². The predicted octanol–water partition coefficient (Wildman–Crippen LogP) is 3.90. The number of nitrogens with one attached hydrogen (secondary N) is 1. The first kappa shape index (κ1) is 20.5. The number of rotatable bonds is 10. The van der Waals surface area contributed by atoms with Crippen molar-refractivity contribution in [2.24, 2.45) is 5.10 Å². The fraction of sp³-hybridized carbons (Fsp3) is 0.364. The minimum absolute atomic E-state index is 0.216. The van der Waals surface area contributed by atoms with Crippen LogP contribution >= 0.6 is 0 Å². The molecule has 1 amide bonds. The molecule has 0 aliphatic carbocycles. The number of benzene rings is 2. The molecular formula is C22H26N2O5. The number of unbranched alkanes of at least 4 members (excludes halogenated alkanes) is 2. The van der Waals surface area contributed by atoms with Gasteiger partial charge in [0.05, 0.1) is 12.8 Å². The number of fused-ring (bicyclic) bond motifs is 1. The van der Waals surface area contributed by atoms with Crippen molar-refractivity contribution in [3.63, 3.8) is 0 Å². The largest absolute Gasteiger partial charge is 0.494 e. The molecule has 0 fully saturated rings. The topological polar surface area (TPSA) is 78.4 Å². The van der Waals surface area contributed by atoms with Crippen molar-refractivity contribution < 1.29 is 23.7 Å². The highest BCUT2D eigenvalue weighted by molar-refractivity contribution is 5.85. The second-order valence-electron chi connectivity index (χ2n) is 6.63. The lowest BCUT2D eigenvalue weighted by atomic mass is 10.2. The number of hydrazone groups is 1. The number of ether oxygens (including phenoxy) is 4. The van der Waals surface area contributed by atoms with E-state index in [0.717, 1.165) is 30.6 Å². The molecule has 0 bridgehead atoms. The average Bonchev–Trinajstić information content (AvgIpc) is 3.20. The highest BCUT2D eigenvalue weighted by atomic mass is 16.7. The van der Waals surface area contributed by atoms with Crippen molar-refractivity contribution in [1.82, 2.24) is 5.43 Å². The molecule has 7 nitrogen and oxygen atoms in total. The Morgan fingerprint density at radius 1 is 1.14 bits per heavy atom. The zero-order valence-electron chi connectivity index (χ0n) is 16.7. The lowest BCUT2D eigenvalue weighted by Crippen LogP contribution is -2.33. The van der Waals surface area contributed by atoms with Gasteiger partial charge in [0.25, 0.3) is 5.91 Å². The van der Waals surface area contributed by atoms with Crippen LogP contribution in [0, 0.1) is 0 Å². The first-order valence-electron chi connectivity index (χ1n) is 9.78. The summed E-state index contributed by atoms with van der Waals surface area (Å²) in [7, 11) is 0. The van der Waals surface area contributed by atoms with E-state index in [-0.39, 0.29) is 12.7 Å². The molecule has 1 aliphatic rings. The Kier molecular flexibility index (Phi) is 7.33. The number of amides is 1. The van der Waals surface area contributed by atoms with Gasteiger partial charge in [-0.3, -0.25) is 4.79 Å². The highest BCUT2D eigenvalue weighted by Crippen LogP contribution is 2.31. The molecule has 0 radical (unpaired) electrons. The Balaban J connectivity index is 1.44. The Bertz CT molecular complexity index is 836. The summed E-state index contributed by atoms with van der Waals surface area (Å²) in [4.78, 5) is 12.2. The van der Waals surface area contributed by atoms with Gasteiger partial charge in [0.1, 0.15) is 11.5 Å². The zero-order valence-corrected chi connectivity index (χ0v) is 16.7. The molecule has 2 aromatic rings. The Labute approximate surface area is 170 Å². The van der Waals surface area contributed by atoms with Crippen LogP contribution in [0.1, 0.15) is 38.7 Å². The van der Waals surface area contributed by atoms with Gasteiger partial charge in [-0.05, 0) is 61.4 Å². The third-order valence-electron chi connectivity index (χ3n) is 4.31. The fourth-order valence-electron chi connectivity index (χ4n) is 2.67. The molecule has 1 aliphatic heterocycles. The number of carbonyl (C=O) groups is 1. The van der Waals surface area contributed by atoms with E-state index in [2.05, 4.69) is 17.5 Å². The lowest BCUT2D eigenvalue weighted by Gasteiger charge is -2.13. The van der Waals surface area contributed by atoms with Crippen LogP contribution < -0.4 is 24.4 Å². The summed E-state index contributed by atoms with van der Waals surface area (Å²) < 4.78 is 21.9. The van der Waals surface area contributed by atoms with Crippen LogP contribution in [0.5, 0.6) is 23.0 Å². The van der Waals surface area contributed by atoms with Gasteiger partial charge in [0.2, 0.25) is 6.79 Å². The Morgan fingerprint density at radius 3 is 2.69 bits per heavy atom. The first-order chi connectivity index (χ1) is 14.2. The molecule has 0 aromatic heterocycles. The van der Waals surface area contributed by atoms with Crippen LogP contribution in [0.4, 0.5) is 0 Å².